The lowest BCUT2D eigenvalue weighted by molar-refractivity contribution is -0.116. The molecule has 3 rings (SSSR count). The molecule has 25 heavy (non-hydrogen) atoms. The highest BCUT2D eigenvalue weighted by molar-refractivity contribution is 9.10. The maximum Gasteiger partial charge on any atom is 0.224 e. The summed E-state index contributed by atoms with van der Waals surface area (Å²) in [7, 11) is 0. The fourth-order valence-electron chi connectivity index (χ4n) is 2.40. The number of carbonyl (C=O) groups excluding carboxylic acids is 1. The summed E-state index contributed by atoms with van der Waals surface area (Å²) < 4.78 is 0.965. The topological polar surface area (TPSA) is 87.1 Å². The van der Waals surface area contributed by atoms with Gasteiger partial charge in [-0.05, 0) is 42.8 Å². The van der Waals surface area contributed by atoms with Gasteiger partial charge in [-0.2, -0.15) is 0 Å². The summed E-state index contributed by atoms with van der Waals surface area (Å²) in [5.41, 5.74) is 2.34. The number of anilines is 3. The van der Waals surface area contributed by atoms with Crippen molar-refractivity contribution >= 4 is 49.9 Å². The van der Waals surface area contributed by atoms with Crippen molar-refractivity contribution in [3.8, 4) is 0 Å². The first-order valence-electron chi connectivity index (χ1n) is 7.84. The molecule has 0 saturated heterocycles. The number of aliphatic hydroxyl groups excluding tert-OH is 1. The zero-order chi connectivity index (χ0) is 17.6. The van der Waals surface area contributed by atoms with Gasteiger partial charge < -0.3 is 15.7 Å². The number of fused-ring (bicyclic) bond motifs is 1. The van der Waals surface area contributed by atoms with E-state index < -0.39 is 0 Å². The number of carbonyl (C=O) groups is 1. The highest BCUT2D eigenvalue weighted by Crippen LogP contribution is 2.27. The van der Waals surface area contributed by atoms with Gasteiger partial charge >= 0.3 is 0 Å². The molecule has 7 heteroatoms. The third-order valence-electron chi connectivity index (χ3n) is 3.57. The Labute approximate surface area is 153 Å². The molecular formula is C18H17BrN4O2. The van der Waals surface area contributed by atoms with Crippen LogP contribution in [0.1, 0.15) is 12.8 Å². The SMILES string of the molecule is O=C(CCCO)Nc1ccc2ncnc(Nc3cccc(Br)c3)c2c1. The van der Waals surface area contributed by atoms with Gasteiger partial charge in [-0.3, -0.25) is 4.79 Å². The van der Waals surface area contributed by atoms with Crippen molar-refractivity contribution < 1.29 is 9.90 Å². The highest BCUT2D eigenvalue weighted by Gasteiger charge is 2.08. The molecule has 0 atom stereocenters. The quantitative estimate of drug-likeness (QED) is 0.584. The first-order chi connectivity index (χ1) is 12.2. The van der Waals surface area contributed by atoms with Gasteiger partial charge in [-0.25, -0.2) is 9.97 Å². The van der Waals surface area contributed by atoms with E-state index in [-0.39, 0.29) is 18.9 Å². The molecule has 1 amide bonds. The van der Waals surface area contributed by atoms with Crippen LogP contribution < -0.4 is 10.6 Å². The molecule has 3 aromatic rings. The largest absolute Gasteiger partial charge is 0.396 e. The van der Waals surface area contributed by atoms with Crippen LogP contribution in [0.2, 0.25) is 0 Å². The Morgan fingerprint density at radius 3 is 2.80 bits per heavy atom. The van der Waals surface area contributed by atoms with Crippen molar-refractivity contribution in [2.75, 3.05) is 17.2 Å². The van der Waals surface area contributed by atoms with Gasteiger partial charge in [0.15, 0.2) is 0 Å². The minimum atomic E-state index is -0.133. The molecule has 128 valence electrons. The molecule has 3 N–H and O–H groups in total. The zero-order valence-corrected chi connectivity index (χ0v) is 15.0. The van der Waals surface area contributed by atoms with E-state index in [1.165, 1.54) is 6.33 Å². The third kappa shape index (κ3) is 4.52. The van der Waals surface area contributed by atoms with E-state index in [9.17, 15) is 4.79 Å². The van der Waals surface area contributed by atoms with Crippen LogP contribution >= 0.6 is 15.9 Å². The summed E-state index contributed by atoms with van der Waals surface area (Å²) >= 11 is 3.45. The standard InChI is InChI=1S/C18H17BrN4O2/c19-12-3-1-4-13(9-12)23-18-15-10-14(22-17(25)5-2-8-24)6-7-16(15)20-11-21-18/h1,3-4,6-7,9-11,24H,2,5,8H2,(H,22,25)(H,20,21,23). The van der Waals surface area contributed by atoms with Crippen LogP contribution in [0.15, 0.2) is 53.3 Å². The fourth-order valence-corrected chi connectivity index (χ4v) is 2.80. The lowest BCUT2D eigenvalue weighted by Gasteiger charge is -2.10. The van der Waals surface area contributed by atoms with Gasteiger partial charge in [-0.15, -0.1) is 0 Å². The van der Waals surface area contributed by atoms with Crippen LogP contribution in [0.3, 0.4) is 0 Å². The number of amides is 1. The first kappa shape index (κ1) is 17.3. The second-order valence-electron chi connectivity index (χ2n) is 5.46. The van der Waals surface area contributed by atoms with E-state index in [1.807, 2.05) is 36.4 Å². The van der Waals surface area contributed by atoms with Crippen molar-refractivity contribution in [2.24, 2.45) is 0 Å². The van der Waals surface area contributed by atoms with E-state index in [4.69, 9.17) is 5.11 Å². The number of aliphatic hydroxyl groups is 1. The number of hydrogen-bond donors (Lipinski definition) is 3. The average molecular weight is 401 g/mol. The van der Waals surface area contributed by atoms with Gasteiger partial charge in [0.25, 0.3) is 0 Å². The Morgan fingerprint density at radius 2 is 2.00 bits per heavy atom. The van der Waals surface area contributed by atoms with Crippen LogP contribution in [0.4, 0.5) is 17.2 Å². The van der Waals surface area contributed by atoms with Crippen LogP contribution in [0, 0.1) is 0 Å². The molecule has 0 aliphatic heterocycles. The van der Waals surface area contributed by atoms with Gasteiger partial charge in [0, 0.05) is 34.3 Å². The molecule has 0 radical (unpaired) electrons. The Balaban J connectivity index is 1.88. The first-order valence-corrected chi connectivity index (χ1v) is 8.63. The van der Waals surface area contributed by atoms with E-state index in [0.29, 0.717) is 17.9 Å². The fraction of sp³-hybridized carbons (Fsp3) is 0.167. The molecule has 1 aromatic heterocycles. The van der Waals surface area contributed by atoms with E-state index in [2.05, 4.69) is 36.5 Å². The highest BCUT2D eigenvalue weighted by atomic mass is 79.9. The molecule has 0 unspecified atom stereocenters. The molecule has 0 aliphatic rings. The second-order valence-corrected chi connectivity index (χ2v) is 6.38. The molecule has 0 aliphatic carbocycles. The predicted molar refractivity (Wildman–Crippen MR) is 102 cm³/mol. The number of rotatable bonds is 6. The monoisotopic (exact) mass is 400 g/mol. The summed E-state index contributed by atoms with van der Waals surface area (Å²) in [5.74, 6) is 0.529. The van der Waals surface area contributed by atoms with Crippen molar-refractivity contribution in [1.82, 2.24) is 9.97 Å². The predicted octanol–water partition coefficient (Wildman–Crippen LogP) is 3.85. The third-order valence-corrected chi connectivity index (χ3v) is 4.06. The maximum atomic E-state index is 11.8. The van der Waals surface area contributed by atoms with Gasteiger partial charge in [0.1, 0.15) is 12.1 Å². The minimum absolute atomic E-state index is 0.000314. The second kappa shape index (κ2) is 8.04. The molecular weight excluding hydrogens is 384 g/mol. The van der Waals surface area contributed by atoms with E-state index >= 15 is 0 Å². The Kier molecular flexibility index (Phi) is 5.57. The summed E-state index contributed by atoms with van der Waals surface area (Å²) in [5, 5.41) is 15.7. The lowest BCUT2D eigenvalue weighted by Crippen LogP contribution is -2.11. The van der Waals surface area contributed by atoms with Crippen molar-refractivity contribution in [1.29, 1.82) is 0 Å². The molecule has 0 saturated carbocycles. The number of benzene rings is 2. The van der Waals surface area contributed by atoms with Crippen molar-refractivity contribution in [3.63, 3.8) is 0 Å². The Morgan fingerprint density at radius 1 is 1.12 bits per heavy atom. The Bertz CT molecular complexity index is 901. The minimum Gasteiger partial charge on any atom is -0.396 e. The van der Waals surface area contributed by atoms with Crippen molar-refractivity contribution in [3.05, 3.63) is 53.3 Å². The molecule has 0 fully saturated rings. The summed E-state index contributed by atoms with van der Waals surface area (Å²) in [6.07, 6.45) is 2.23. The molecule has 6 nitrogen and oxygen atoms in total. The lowest BCUT2D eigenvalue weighted by atomic mass is 10.2. The van der Waals surface area contributed by atoms with E-state index in [0.717, 1.165) is 21.1 Å². The maximum absolute atomic E-state index is 11.8. The normalized spacial score (nSPS) is 10.6. The average Bonchev–Trinajstić information content (AvgIpc) is 2.60. The number of halogens is 1. The number of nitrogens with zero attached hydrogens (tertiary/aromatic N) is 2. The number of hydrogen-bond acceptors (Lipinski definition) is 5. The van der Waals surface area contributed by atoms with Crippen LogP contribution in [-0.2, 0) is 4.79 Å². The summed E-state index contributed by atoms with van der Waals surface area (Å²) in [4.78, 5) is 20.4. The van der Waals surface area contributed by atoms with Crippen LogP contribution in [0.5, 0.6) is 0 Å². The molecule has 0 bridgehead atoms. The van der Waals surface area contributed by atoms with Gasteiger partial charge in [-0.1, -0.05) is 22.0 Å². The molecule has 0 spiro atoms. The number of aromatic nitrogens is 2. The summed E-state index contributed by atoms with van der Waals surface area (Å²) in [6.45, 7) is -0.000314. The van der Waals surface area contributed by atoms with Crippen LogP contribution in [0.25, 0.3) is 10.9 Å². The summed E-state index contributed by atoms with van der Waals surface area (Å²) in [6, 6.07) is 13.3. The number of nitrogens with one attached hydrogen (secondary N) is 2. The van der Waals surface area contributed by atoms with Crippen molar-refractivity contribution in [2.45, 2.75) is 12.8 Å². The van der Waals surface area contributed by atoms with Crippen LogP contribution in [-0.4, -0.2) is 27.6 Å². The van der Waals surface area contributed by atoms with Gasteiger partial charge in [0.05, 0.1) is 5.52 Å². The zero-order valence-electron chi connectivity index (χ0n) is 13.4. The van der Waals surface area contributed by atoms with E-state index in [1.54, 1.807) is 6.07 Å². The molecule has 2 aromatic carbocycles. The molecule has 1 heterocycles. The van der Waals surface area contributed by atoms with Gasteiger partial charge in [0.2, 0.25) is 5.91 Å². The smallest absolute Gasteiger partial charge is 0.224 e. The Hall–Kier alpha value is -2.51.